The molecular weight excluding hydrogens is 266 g/mol. The van der Waals surface area contributed by atoms with Crippen molar-refractivity contribution in [3.05, 3.63) is 42.5 Å². The van der Waals surface area contributed by atoms with E-state index in [4.69, 9.17) is 4.52 Å². The first-order valence-corrected chi connectivity index (χ1v) is 6.06. The first-order valence-electron chi connectivity index (χ1n) is 5.29. The molecule has 0 fully saturated rings. The Morgan fingerprint density at radius 2 is 2.32 bits per heavy atom. The molecule has 0 atom stereocenters. The monoisotopic (exact) mass is 273 g/mol. The molecule has 0 aliphatic carbocycles. The van der Waals surface area contributed by atoms with E-state index in [1.165, 1.54) is 6.20 Å². The van der Waals surface area contributed by atoms with Crippen LogP contribution in [-0.4, -0.2) is 25.6 Å². The second-order valence-electron chi connectivity index (χ2n) is 3.55. The lowest BCUT2D eigenvalue weighted by Gasteiger charge is -1.94. The van der Waals surface area contributed by atoms with Gasteiger partial charge in [0.25, 0.3) is 5.91 Å². The Labute approximate surface area is 111 Å². The Morgan fingerprint density at radius 3 is 3.05 bits per heavy atom. The van der Waals surface area contributed by atoms with Crippen molar-refractivity contribution in [1.82, 2.24) is 19.7 Å². The van der Waals surface area contributed by atoms with Crippen LogP contribution in [0.15, 0.2) is 41.3 Å². The minimum Gasteiger partial charge on any atom is -0.355 e. The zero-order chi connectivity index (χ0) is 13.1. The third-order valence-corrected chi connectivity index (χ3v) is 2.87. The highest BCUT2D eigenvalue weighted by Crippen LogP contribution is 2.19. The van der Waals surface area contributed by atoms with Crippen molar-refractivity contribution in [2.75, 3.05) is 5.32 Å². The SMILES string of the molecule is O=C(Nc1cnns1)c1cc(-c2cccnc2)on1. The number of rotatable bonds is 3. The number of nitrogens with zero attached hydrogens (tertiary/aromatic N) is 4. The minimum atomic E-state index is -0.370. The van der Waals surface area contributed by atoms with Gasteiger partial charge in [0.2, 0.25) is 0 Å². The predicted molar refractivity (Wildman–Crippen MR) is 67.6 cm³/mol. The van der Waals surface area contributed by atoms with Gasteiger partial charge in [-0.05, 0) is 12.1 Å². The lowest BCUT2D eigenvalue weighted by Crippen LogP contribution is -2.10. The fourth-order valence-electron chi connectivity index (χ4n) is 1.42. The fraction of sp³-hybridized carbons (Fsp3) is 0. The van der Waals surface area contributed by atoms with Crippen LogP contribution in [-0.2, 0) is 0 Å². The number of carbonyl (C=O) groups is 1. The molecule has 94 valence electrons. The van der Waals surface area contributed by atoms with Crippen LogP contribution in [0.1, 0.15) is 10.5 Å². The smallest absolute Gasteiger partial charge is 0.278 e. The standard InChI is InChI=1S/C11H7N5O2S/c17-11(14-10-6-13-16-19-10)8-4-9(18-15-8)7-2-1-3-12-5-7/h1-6H,(H,14,17). The summed E-state index contributed by atoms with van der Waals surface area (Å²) < 4.78 is 8.76. The van der Waals surface area contributed by atoms with E-state index in [-0.39, 0.29) is 11.6 Å². The van der Waals surface area contributed by atoms with Crippen LogP contribution in [0.2, 0.25) is 0 Å². The van der Waals surface area contributed by atoms with Crippen LogP contribution in [0.25, 0.3) is 11.3 Å². The molecule has 3 heterocycles. The molecule has 19 heavy (non-hydrogen) atoms. The van der Waals surface area contributed by atoms with Gasteiger partial charge in [-0.2, -0.15) is 0 Å². The van der Waals surface area contributed by atoms with Gasteiger partial charge in [-0.1, -0.05) is 9.64 Å². The molecule has 0 saturated heterocycles. The molecule has 1 amide bonds. The zero-order valence-corrected chi connectivity index (χ0v) is 10.3. The predicted octanol–water partition coefficient (Wildman–Crippen LogP) is 1.84. The minimum absolute atomic E-state index is 0.187. The topological polar surface area (TPSA) is 93.8 Å². The first kappa shape index (κ1) is 11.5. The third-order valence-electron chi connectivity index (χ3n) is 2.29. The second-order valence-corrected chi connectivity index (χ2v) is 4.34. The fourth-order valence-corrected chi connectivity index (χ4v) is 1.84. The summed E-state index contributed by atoms with van der Waals surface area (Å²) in [6.45, 7) is 0. The van der Waals surface area contributed by atoms with Gasteiger partial charge in [0.05, 0.1) is 6.20 Å². The van der Waals surface area contributed by atoms with E-state index in [2.05, 4.69) is 25.0 Å². The van der Waals surface area contributed by atoms with E-state index in [0.29, 0.717) is 10.8 Å². The second kappa shape index (κ2) is 4.94. The number of carbonyl (C=O) groups excluding carboxylic acids is 1. The largest absolute Gasteiger partial charge is 0.355 e. The molecule has 0 aromatic carbocycles. The van der Waals surface area contributed by atoms with Crippen LogP contribution in [0.4, 0.5) is 5.00 Å². The van der Waals surface area contributed by atoms with Gasteiger partial charge in [0.15, 0.2) is 11.5 Å². The van der Waals surface area contributed by atoms with E-state index in [1.807, 2.05) is 6.07 Å². The molecule has 8 heteroatoms. The van der Waals surface area contributed by atoms with Crippen molar-refractivity contribution in [1.29, 1.82) is 0 Å². The number of aromatic nitrogens is 4. The Kier molecular flexibility index (Phi) is 2.99. The zero-order valence-electron chi connectivity index (χ0n) is 9.48. The molecule has 0 radical (unpaired) electrons. The molecule has 7 nitrogen and oxygen atoms in total. The summed E-state index contributed by atoms with van der Waals surface area (Å²) in [5.41, 5.74) is 0.945. The van der Waals surface area contributed by atoms with Crippen LogP contribution in [0, 0.1) is 0 Å². The number of pyridine rings is 1. The van der Waals surface area contributed by atoms with Gasteiger partial charge < -0.3 is 9.84 Å². The molecule has 0 saturated carbocycles. The van der Waals surface area contributed by atoms with E-state index in [0.717, 1.165) is 17.1 Å². The van der Waals surface area contributed by atoms with E-state index >= 15 is 0 Å². The molecule has 3 rings (SSSR count). The average Bonchev–Trinajstić information content (AvgIpc) is 3.10. The molecule has 1 N–H and O–H groups in total. The van der Waals surface area contributed by atoms with Crippen molar-refractivity contribution in [2.24, 2.45) is 0 Å². The van der Waals surface area contributed by atoms with Gasteiger partial charge in [0, 0.05) is 35.6 Å². The van der Waals surface area contributed by atoms with Crippen molar-refractivity contribution in [3.8, 4) is 11.3 Å². The Bertz CT molecular complexity index is 680. The highest BCUT2D eigenvalue weighted by Gasteiger charge is 2.14. The number of nitrogens with one attached hydrogen (secondary N) is 1. The molecule has 3 aromatic rings. The molecule has 0 aliphatic rings. The highest BCUT2D eigenvalue weighted by atomic mass is 32.1. The van der Waals surface area contributed by atoms with Crippen LogP contribution >= 0.6 is 11.5 Å². The Balaban J connectivity index is 1.80. The molecule has 3 aromatic heterocycles. The van der Waals surface area contributed by atoms with E-state index in [1.54, 1.807) is 24.5 Å². The third kappa shape index (κ3) is 2.47. The quantitative estimate of drug-likeness (QED) is 0.782. The van der Waals surface area contributed by atoms with Crippen molar-refractivity contribution < 1.29 is 9.32 Å². The molecule has 0 bridgehead atoms. The summed E-state index contributed by atoms with van der Waals surface area (Å²) in [7, 11) is 0. The maximum absolute atomic E-state index is 11.9. The maximum Gasteiger partial charge on any atom is 0.278 e. The number of hydrogen-bond donors (Lipinski definition) is 1. The maximum atomic E-state index is 11.9. The van der Waals surface area contributed by atoms with Crippen LogP contribution in [0.3, 0.4) is 0 Å². The summed E-state index contributed by atoms with van der Waals surface area (Å²) in [5, 5.41) is 10.5. The lowest BCUT2D eigenvalue weighted by molar-refractivity contribution is 0.101. The average molecular weight is 273 g/mol. The van der Waals surface area contributed by atoms with Gasteiger partial charge in [-0.3, -0.25) is 9.78 Å². The van der Waals surface area contributed by atoms with Crippen molar-refractivity contribution in [2.45, 2.75) is 0 Å². The summed E-state index contributed by atoms with van der Waals surface area (Å²) in [6.07, 6.45) is 4.75. The van der Waals surface area contributed by atoms with Gasteiger partial charge in [-0.15, -0.1) is 5.10 Å². The first-order chi connectivity index (χ1) is 9.33. The van der Waals surface area contributed by atoms with E-state index in [9.17, 15) is 4.79 Å². The molecule has 0 unspecified atom stereocenters. The highest BCUT2D eigenvalue weighted by molar-refractivity contribution is 7.10. The summed E-state index contributed by atoms with van der Waals surface area (Å²) in [4.78, 5) is 15.8. The Hall–Kier alpha value is -2.61. The lowest BCUT2D eigenvalue weighted by atomic mass is 10.2. The van der Waals surface area contributed by atoms with Crippen molar-refractivity contribution in [3.63, 3.8) is 0 Å². The summed E-state index contributed by atoms with van der Waals surface area (Å²) in [6, 6.07) is 5.16. The molecule has 0 spiro atoms. The summed E-state index contributed by atoms with van der Waals surface area (Å²) in [5.74, 6) is 0.116. The molecular formula is C11H7N5O2S. The van der Waals surface area contributed by atoms with Gasteiger partial charge >= 0.3 is 0 Å². The molecule has 0 aliphatic heterocycles. The van der Waals surface area contributed by atoms with Crippen LogP contribution < -0.4 is 5.32 Å². The van der Waals surface area contributed by atoms with Crippen LogP contribution in [0.5, 0.6) is 0 Å². The van der Waals surface area contributed by atoms with Gasteiger partial charge in [-0.25, -0.2) is 0 Å². The number of hydrogen-bond acceptors (Lipinski definition) is 7. The Morgan fingerprint density at radius 1 is 1.37 bits per heavy atom. The number of amides is 1. The van der Waals surface area contributed by atoms with Gasteiger partial charge in [0.1, 0.15) is 5.00 Å². The van der Waals surface area contributed by atoms with E-state index < -0.39 is 0 Å². The summed E-state index contributed by atoms with van der Waals surface area (Å²) >= 11 is 1.09. The normalized spacial score (nSPS) is 10.3. The number of anilines is 1. The van der Waals surface area contributed by atoms with Crippen molar-refractivity contribution >= 4 is 22.4 Å².